The van der Waals surface area contributed by atoms with Crippen molar-refractivity contribution in [2.75, 3.05) is 13.2 Å². The van der Waals surface area contributed by atoms with E-state index in [4.69, 9.17) is 5.26 Å². The number of aliphatic hydroxyl groups is 1. The van der Waals surface area contributed by atoms with Crippen LogP contribution in [0.25, 0.3) is 0 Å². The molecule has 0 aliphatic rings. The van der Waals surface area contributed by atoms with E-state index in [0.29, 0.717) is 13.0 Å². The monoisotopic (exact) mass is 294 g/mol. The van der Waals surface area contributed by atoms with Crippen LogP contribution < -0.4 is 0 Å². The second-order valence-electron chi connectivity index (χ2n) is 5.39. The molecule has 0 spiro atoms. The molecule has 114 valence electrons. The topological polar surface area (TPSA) is 47.3 Å². The molecule has 0 aliphatic carbocycles. The summed E-state index contributed by atoms with van der Waals surface area (Å²) >= 11 is 0. The van der Waals surface area contributed by atoms with Crippen LogP contribution in [0.3, 0.4) is 0 Å². The highest BCUT2D eigenvalue weighted by atomic mass is 16.3. The Balaban J connectivity index is 2.09. The second kappa shape index (κ2) is 8.99. The van der Waals surface area contributed by atoms with E-state index in [9.17, 15) is 5.11 Å². The van der Waals surface area contributed by atoms with E-state index in [1.165, 1.54) is 11.1 Å². The first-order chi connectivity index (χ1) is 10.8. The van der Waals surface area contributed by atoms with E-state index in [1.54, 1.807) is 0 Å². The molecule has 2 rings (SSSR count). The molecule has 3 nitrogen and oxygen atoms in total. The number of rotatable bonds is 8. The van der Waals surface area contributed by atoms with E-state index in [1.807, 2.05) is 36.4 Å². The number of nitrogens with zero attached hydrogens (tertiary/aromatic N) is 2. The first-order valence-electron chi connectivity index (χ1n) is 7.63. The number of hydrogen-bond acceptors (Lipinski definition) is 3. The Labute approximate surface area is 132 Å². The van der Waals surface area contributed by atoms with Crippen LogP contribution in [0, 0.1) is 11.3 Å². The highest BCUT2D eigenvalue weighted by Crippen LogP contribution is 2.13. The molecule has 0 heterocycles. The van der Waals surface area contributed by atoms with Crippen molar-refractivity contribution in [3.8, 4) is 6.07 Å². The zero-order chi connectivity index (χ0) is 15.6. The third-order valence-corrected chi connectivity index (χ3v) is 3.78. The summed E-state index contributed by atoms with van der Waals surface area (Å²) in [7, 11) is 0. The van der Waals surface area contributed by atoms with Crippen molar-refractivity contribution in [2.45, 2.75) is 25.4 Å². The van der Waals surface area contributed by atoms with Gasteiger partial charge in [0.25, 0.3) is 0 Å². The Hall–Kier alpha value is -2.15. The summed E-state index contributed by atoms with van der Waals surface area (Å²) in [6, 6.07) is 22.6. The summed E-state index contributed by atoms with van der Waals surface area (Å²) in [4.78, 5) is 2.20. The molecule has 0 bridgehead atoms. The van der Waals surface area contributed by atoms with Crippen molar-refractivity contribution in [3.63, 3.8) is 0 Å². The predicted molar refractivity (Wildman–Crippen MR) is 88.1 cm³/mol. The second-order valence-corrected chi connectivity index (χ2v) is 5.39. The Morgan fingerprint density at radius 3 is 2.09 bits per heavy atom. The van der Waals surface area contributed by atoms with E-state index in [0.717, 1.165) is 13.0 Å². The molecule has 1 N–H and O–H groups in total. The highest BCUT2D eigenvalue weighted by Gasteiger charge is 2.18. The smallest absolute Gasteiger partial charge is 0.0635 e. The quantitative estimate of drug-likeness (QED) is 0.814. The fourth-order valence-electron chi connectivity index (χ4n) is 2.60. The third kappa shape index (κ3) is 5.00. The van der Waals surface area contributed by atoms with E-state index in [2.05, 4.69) is 35.2 Å². The molecule has 0 aliphatic heterocycles. The summed E-state index contributed by atoms with van der Waals surface area (Å²) in [6.45, 7) is 1.51. The Bertz CT molecular complexity index is 577. The number of benzene rings is 2. The summed E-state index contributed by atoms with van der Waals surface area (Å²) in [5.74, 6) is 0. The molecular weight excluding hydrogens is 272 g/mol. The van der Waals surface area contributed by atoms with Gasteiger partial charge in [0.2, 0.25) is 0 Å². The van der Waals surface area contributed by atoms with Gasteiger partial charge in [-0.15, -0.1) is 0 Å². The van der Waals surface area contributed by atoms with Gasteiger partial charge in [-0.3, -0.25) is 4.90 Å². The minimum Gasteiger partial charge on any atom is -0.395 e. The molecule has 0 unspecified atom stereocenters. The molecule has 1 atom stereocenters. The van der Waals surface area contributed by atoms with Crippen LogP contribution in [0.4, 0.5) is 0 Å². The summed E-state index contributed by atoms with van der Waals surface area (Å²) in [6.07, 6.45) is 1.26. The fourth-order valence-corrected chi connectivity index (χ4v) is 2.60. The van der Waals surface area contributed by atoms with Crippen LogP contribution >= 0.6 is 0 Å². The van der Waals surface area contributed by atoms with Gasteiger partial charge in [-0.25, -0.2) is 0 Å². The lowest BCUT2D eigenvalue weighted by molar-refractivity contribution is 0.118. The average molecular weight is 294 g/mol. The van der Waals surface area contributed by atoms with Crippen LogP contribution in [0.5, 0.6) is 0 Å². The summed E-state index contributed by atoms with van der Waals surface area (Å²) in [5, 5.41) is 18.7. The largest absolute Gasteiger partial charge is 0.395 e. The van der Waals surface area contributed by atoms with E-state index < -0.39 is 0 Å². The number of nitriles is 1. The fraction of sp³-hybridized carbons (Fsp3) is 0.316. The average Bonchev–Trinajstić information content (AvgIpc) is 2.58. The minimum absolute atomic E-state index is 0.0240. The van der Waals surface area contributed by atoms with Gasteiger partial charge in [-0.1, -0.05) is 60.7 Å². The molecule has 2 aromatic carbocycles. The lowest BCUT2D eigenvalue weighted by atomic mass is 10.0. The van der Waals surface area contributed by atoms with E-state index in [-0.39, 0.29) is 12.6 Å². The van der Waals surface area contributed by atoms with Gasteiger partial charge in [0.15, 0.2) is 0 Å². The van der Waals surface area contributed by atoms with Crippen molar-refractivity contribution >= 4 is 0 Å². The highest BCUT2D eigenvalue weighted by molar-refractivity contribution is 5.17. The van der Waals surface area contributed by atoms with Crippen LogP contribution in [-0.2, 0) is 13.0 Å². The molecule has 3 heteroatoms. The Morgan fingerprint density at radius 2 is 1.55 bits per heavy atom. The number of aliphatic hydroxyl groups excluding tert-OH is 1. The van der Waals surface area contributed by atoms with Crippen molar-refractivity contribution in [1.29, 1.82) is 5.26 Å². The molecule has 0 amide bonds. The SMILES string of the molecule is N#CCCN(Cc1ccccc1)[C@H](CO)Cc1ccccc1. The lowest BCUT2D eigenvalue weighted by Crippen LogP contribution is -2.39. The maximum Gasteiger partial charge on any atom is 0.0635 e. The van der Waals surface area contributed by atoms with Gasteiger partial charge < -0.3 is 5.11 Å². The van der Waals surface area contributed by atoms with Gasteiger partial charge in [0.1, 0.15) is 0 Å². The standard InChI is InChI=1S/C19H22N2O/c20-12-7-13-21(15-18-10-5-2-6-11-18)19(16-22)14-17-8-3-1-4-9-17/h1-6,8-11,19,22H,7,13-16H2/t19-/m0/s1. The molecule has 0 saturated heterocycles. The Morgan fingerprint density at radius 1 is 0.955 bits per heavy atom. The summed E-state index contributed by atoms with van der Waals surface area (Å²) in [5.41, 5.74) is 2.41. The van der Waals surface area contributed by atoms with Crippen molar-refractivity contribution in [3.05, 3.63) is 71.8 Å². The Kier molecular flexibility index (Phi) is 6.63. The zero-order valence-corrected chi connectivity index (χ0v) is 12.7. The zero-order valence-electron chi connectivity index (χ0n) is 12.7. The van der Waals surface area contributed by atoms with Gasteiger partial charge in [-0.05, 0) is 17.5 Å². The molecular formula is C19H22N2O. The summed E-state index contributed by atoms with van der Waals surface area (Å²) < 4.78 is 0. The van der Waals surface area contributed by atoms with Crippen LogP contribution in [0.2, 0.25) is 0 Å². The van der Waals surface area contributed by atoms with Crippen LogP contribution in [0.15, 0.2) is 60.7 Å². The van der Waals surface area contributed by atoms with Gasteiger partial charge in [-0.2, -0.15) is 5.26 Å². The first kappa shape index (κ1) is 16.2. The van der Waals surface area contributed by atoms with E-state index >= 15 is 0 Å². The predicted octanol–water partition coefficient (Wildman–Crippen LogP) is 3.01. The lowest BCUT2D eigenvalue weighted by Gasteiger charge is -2.30. The van der Waals surface area contributed by atoms with Crippen LogP contribution in [0.1, 0.15) is 17.5 Å². The van der Waals surface area contributed by atoms with Crippen molar-refractivity contribution < 1.29 is 5.11 Å². The van der Waals surface area contributed by atoms with Gasteiger partial charge in [0.05, 0.1) is 12.7 Å². The maximum absolute atomic E-state index is 9.81. The van der Waals surface area contributed by atoms with Crippen molar-refractivity contribution in [1.82, 2.24) is 4.90 Å². The molecule has 0 aromatic heterocycles. The van der Waals surface area contributed by atoms with Crippen molar-refractivity contribution in [2.24, 2.45) is 0 Å². The molecule has 0 saturated carbocycles. The van der Waals surface area contributed by atoms with Gasteiger partial charge in [0, 0.05) is 25.6 Å². The normalized spacial score (nSPS) is 12.0. The minimum atomic E-state index is 0.0240. The molecule has 0 fully saturated rings. The number of hydrogen-bond donors (Lipinski definition) is 1. The van der Waals surface area contributed by atoms with Gasteiger partial charge >= 0.3 is 0 Å². The molecule has 22 heavy (non-hydrogen) atoms. The van der Waals surface area contributed by atoms with Crippen LogP contribution in [-0.4, -0.2) is 29.2 Å². The third-order valence-electron chi connectivity index (χ3n) is 3.78. The molecule has 0 radical (unpaired) electrons. The first-order valence-corrected chi connectivity index (χ1v) is 7.63. The maximum atomic E-state index is 9.81. The molecule has 2 aromatic rings.